The molecule has 0 fully saturated rings. The molecule has 0 unspecified atom stereocenters. The molecular weight excluding hydrogens is 953 g/mol. The quantitative estimate of drug-likeness (QED) is 0.0260. The molecule has 4 aromatic carbocycles. The molecule has 16 nitrogen and oxygen atoms in total. The number of amidine groups is 2. The van der Waals surface area contributed by atoms with E-state index in [-0.39, 0.29) is 13.2 Å². The highest BCUT2D eigenvalue weighted by atomic mass is 32.3. The molecule has 398 valence electrons. The second-order valence-corrected chi connectivity index (χ2v) is 20.1. The van der Waals surface area contributed by atoms with Crippen molar-refractivity contribution in [1.29, 1.82) is 0 Å². The molecule has 72 heavy (non-hydrogen) atoms. The van der Waals surface area contributed by atoms with Crippen molar-refractivity contribution in [2.24, 2.45) is 10.2 Å². The van der Waals surface area contributed by atoms with Crippen LogP contribution in [-0.2, 0) is 29.2 Å². The van der Waals surface area contributed by atoms with E-state index in [9.17, 15) is 16.8 Å². The van der Waals surface area contributed by atoms with Crippen LogP contribution in [0.15, 0.2) is 132 Å². The molecule has 4 aromatic rings. The first-order chi connectivity index (χ1) is 35.0. The maximum atomic E-state index is 10.2. The molecule has 4 N–H and O–H groups in total. The van der Waals surface area contributed by atoms with Gasteiger partial charge in [0.05, 0.1) is 36.0 Å². The van der Waals surface area contributed by atoms with Gasteiger partial charge in [-0.1, -0.05) is 202 Å². The normalized spacial score (nSPS) is 13.4. The summed E-state index contributed by atoms with van der Waals surface area (Å²) >= 11 is 0. The Morgan fingerprint density at radius 3 is 0.931 bits per heavy atom. The largest absolute Gasteiger partial charge is 0.397 e. The molecule has 6 rings (SSSR count). The predicted molar refractivity (Wildman–Crippen MR) is 294 cm³/mol. The Morgan fingerprint density at radius 1 is 0.389 bits per heavy atom. The first-order valence-corrected chi connectivity index (χ1v) is 29.0. The van der Waals surface area contributed by atoms with E-state index < -0.39 is 20.8 Å². The van der Waals surface area contributed by atoms with Crippen molar-refractivity contribution < 1.29 is 34.3 Å². The molecule has 0 saturated heterocycles. The molecule has 2 aliphatic rings. The van der Waals surface area contributed by atoms with Crippen LogP contribution in [-0.4, -0.2) is 50.8 Å². The van der Waals surface area contributed by atoms with Crippen molar-refractivity contribution in [3.63, 3.8) is 0 Å². The van der Waals surface area contributed by atoms with E-state index in [0.29, 0.717) is 12.8 Å². The number of benzene rings is 4. The van der Waals surface area contributed by atoms with Crippen LogP contribution in [0, 0.1) is 0 Å². The predicted octanol–water partition coefficient (Wildman–Crippen LogP) is 13.5. The Morgan fingerprint density at radius 2 is 0.653 bits per heavy atom. The SMILES string of the molecule is CCCCCCCCCCCCOS(=O)(=O)O.CCCCCCCCCCCCOS(=O)(=O)O.c1ccc(N2N=C(CCCCC3=NN(c4ccccc4)N(c4ccccc4)N3)NN2c2ccccc2)cc1. The fourth-order valence-corrected chi connectivity index (χ4v) is 8.62. The van der Waals surface area contributed by atoms with Gasteiger partial charge in [-0.15, -0.1) is 10.2 Å². The van der Waals surface area contributed by atoms with E-state index in [1.165, 1.54) is 89.9 Å². The Labute approximate surface area is 431 Å². The number of hydrogen-bond donors (Lipinski definition) is 4. The molecule has 0 bridgehead atoms. The number of hydrogen-bond acceptors (Lipinski definition) is 14. The topological polar surface area (TPSA) is 189 Å². The summed E-state index contributed by atoms with van der Waals surface area (Å²) in [6.07, 6.45) is 27.3. The molecule has 0 spiro atoms. The fraction of sp³-hybridized carbons (Fsp3) is 0.519. The third-order valence-corrected chi connectivity index (χ3v) is 12.7. The van der Waals surface area contributed by atoms with Crippen molar-refractivity contribution in [3.05, 3.63) is 121 Å². The summed E-state index contributed by atoms with van der Waals surface area (Å²) in [7, 11) is -8.47. The van der Waals surface area contributed by atoms with Gasteiger partial charge in [0.2, 0.25) is 0 Å². The number of hydrazine groups is 4. The standard InChI is InChI=1S/C30H30N8.2C12H26O4S/c1-5-15-25(16-6-1)35-31-29(32-36(35)26-17-7-2-8-18-26)23-13-14-24-30-33-37(27-19-9-3-10-20-27)38(34-30)28-21-11-4-12-22-28;2*1-2-3-4-5-6-7-8-9-10-11-12-16-17(13,14)15/h1-12,15-22H,13-14,23-24H2,(H,31,32)(H,33,34);2*2-12H2,1H3,(H,13,14,15). The second kappa shape index (κ2) is 35.0. The summed E-state index contributed by atoms with van der Waals surface area (Å²) in [5.74, 6) is 1.88. The molecule has 0 atom stereocenters. The minimum absolute atomic E-state index is 0.0926. The van der Waals surface area contributed by atoms with Gasteiger partial charge >= 0.3 is 20.8 Å². The van der Waals surface area contributed by atoms with E-state index >= 15 is 0 Å². The average molecular weight is 1040 g/mol. The van der Waals surface area contributed by atoms with Crippen molar-refractivity contribution in [2.45, 2.75) is 168 Å². The van der Waals surface area contributed by atoms with Crippen LogP contribution in [0.4, 0.5) is 22.7 Å². The van der Waals surface area contributed by atoms with Crippen LogP contribution in [0.5, 0.6) is 0 Å². The number of hydrazone groups is 2. The number of nitrogens with one attached hydrogen (secondary N) is 2. The van der Waals surface area contributed by atoms with Crippen LogP contribution in [0.1, 0.15) is 168 Å². The van der Waals surface area contributed by atoms with Gasteiger partial charge in [-0.25, -0.2) is 8.37 Å². The van der Waals surface area contributed by atoms with Crippen molar-refractivity contribution >= 4 is 55.2 Å². The maximum absolute atomic E-state index is 10.2. The average Bonchev–Trinajstić information content (AvgIpc) is 4.02. The van der Waals surface area contributed by atoms with Crippen molar-refractivity contribution in [2.75, 3.05) is 33.7 Å². The molecule has 0 aliphatic carbocycles. The van der Waals surface area contributed by atoms with Crippen LogP contribution < -0.4 is 31.3 Å². The lowest BCUT2D eigenvalue weighted by atomic mass is 10.1. The van der Waals surface area contributed by atoms with Crippen LogP contribution >= 0.6 is 0 Å². The summed E-state index contributed by atoms with van der Waals surface area (Å²) in [6, 6.07) is 40.8. The van der Waals surface area contributed by atoms with Crippen molar-refractivity contribution in [3.8, 4) is 0 Å². The van der Waals surface area contributed by atoms with E-state index in [0.717, 1.165) is 85.8 Å². The van der Waals surface area contributed by atoms with Gasteiger partial charge < -0.3 is 0 Å². The summed E-state index contributed by atoms with van der Waals surface area (Å²) in [6.45, 7) is 4.62. The molecule has 0 aromatic heterocycles. The zero-order valence-electron chi connectivity index (χ0n) is 42.8. The number of anilines is 4. The second-order valence-electron chi connectivity index (χ2n) is 17.9. The van der Waals surface area contributed by atoms with Gasteiger partial charge in [0.1, 0.15) is 11.7 Å². The summed E-state index contributed by atoms with van der Waals surface area (Å²) in [5.41, 5.74) is 11.0. The van der Waals surface area contributed by atoms with E-state index in [2.05, 4.69) is 81.6 Å². The number of unbranched alkanes of at least 4 members (excludes halogenated alkanes) is 19. The molecule has 0 radical (unpaired) electrons. The first-order valence-electron chi connectivity index (χ1n) is 26.3. The van der Waals surface area contributed by atoms with Gasteiger partial charge in [0.15, 0.2) is 0 Å². The number of rotatable bonds is 33. The summed E-state index contributed by atoms with van der Waals surface area (Å²) < 4.78 is 66.0. The molecule has 0 amide bonds. The zero-order chi connectivity index (χ0) is 51.5. The van der Waals surface area contributed by atoms with Gasteiger partial charge in [0, 0.05) is 12.8 Å². The lowest BCUT2D eigenvalue weighted by molar-refractivity contribution is 0.260. The lowest BCUT2D eigenvalue weighted by Crippen LogP contribution is -2.44. The highest BCUT2D eigenvalue weighted by Gasteiger charge is 2.27. The Kier molecular flexibility index (Phi) is 28.8. The third kappa shape index (κ3) is 25.4. The molecule has 2 heterocycles. The Balaban J connectivity index is 0.000000277. The van der Waals surface area contributed by atoms with Crippen molar-refractivity contribution in [1.82, 2.24) is 10.9 Å². The van der Waals surface area contributed by atoms with Gasteiger partial charge in [0.25, 0.3) is 0 Å². The van der Waals surface area contributed by atoms with Crippen LogP contribution in [0.3, 0.4) is 0 Å². The fourth-order valence-electron chi connectivity index (χ4n) is 7.96. The molecule has 18 heteroatoms. The molecular formula is C54H82N8O8S2. The van der Waals surface area contributed by atoms with Gasteiger partial charge in [-0.2, -0.15) is 37.3 Å². The highest BCUT2D eigenvalue weighted by molar-refractivity contribution is 7.81. The molecule has 2 aliphatic heterocycles. The lowest BCUT2D eigenvalue weighted by Gasteiger charge is -2.27. The van der Waals surface area contributed by atoms with Crippen LogP contribution in [0.25, 0.3) is 0 Å². The Hall–Kier alpha value is -5.24. The van der Waals surface area contributed by atoms with E-state index in [1.807, 2.05) is 93.3 Å². The van der Waals surface area contributed by atoms with Crippen LogP contribution in [0.2, 0.25) is 0 Å². The smallest absolute Gasteiger partial charge is 0.264 e. The monoisotopic (exact) mass is 1030 g/mol. The number of nitrogens with zero attached hydrogens (tertiary/aromatic N) is 6. The van der Waals surface area contributed by atoms with Gasteiger partial charge in [-0.05, 0) is 74.2 Å². The summed E-state index contributed by atoms with van der Waals surface area (Å²) in [5, 5.41) is 17.6. The van der Waals surface area contributed by atoms with E-state index in [4.69, 9.17) is 19.3 Å². The zero-order valence-corrected chi connectivity index (χ0v) is 44.4. The minimum Gasteiger partial charge on any atom is -0.264 e. The maximum Gasteiger partial charge on any atom is 0.397 e. The highest BCUT2D eigenvalue weighted by Crippen LogP contribution is 2.27. The summed E-state index contributed by atoms with van der Waals surface area (Å²) in [4.78, 5) is 0. The number of para-hydroxylation sites is 4. The van der Waals surface area contributed by atoms with E-state index in [1.54, 1.807) is 0 Å². The minimum atomic E-state index is -4.23. The molecule has 0 saturated carbocycles. The third-order valence-electron chi connectivity index (χ3n) is 11.8. The van der Waals surface area contributed by atoms with Gasteiger partial charge in [-0.3, -0.25) is 20.0 Å². The Bertz CT molecular complexity index is 2140. The first kappa shape index (κ1) is 59.3.